The highest BCUT2D eigenvalue weighted by atomic mass is 32.2. The van der Waals surface area contributed by atoms with E-state index in [-0.39, 0.29) is 47.1 Å². The Morgan fingerprint density at radius 1 is 0.409 bits per heavy atom. The van der Waals surface area contributed by atoms with E-state index in [0.717, 1.165) is 43.6 Å². The third-order valence-electron chi connectivity index (χ3n) is 13.8. The van der Waals surface area contributed by atoms with E-state index in [1.54, 1.807) is 12.1 Å². The topological polar surface area (TPSA) is 149 Å². The van der Waals surface area contributed by atoms with Gasteiger partial charge in [0.05, 0.1) is 35.1 Å². The van der Waals surface area contributed by atoms with Crippen molar-refractivity contribution in [2.45, 2.75) is 35.1 Å². The monoisotopic (exact) mass is 922 g/mol. The van der Waals surface area contributed by atoms with Crippen LogP contribution in [0.2, 0.25) is 0 Å². The Morgan fingerprint density at radius 2 is 0.727 bits per heavy atom. The first-order valence-corrected chi connectivity index (χ1v) is 25.4. The van der Waals surface area contributed by atoms with Crippen molar-refractivity contribution in [3.8, 4) is 11.1 Å². The maximum absolute atomic E-state index is 14.0. The number of aromatic nitrogens is 2. The number of piperazine rings is 2. The Morgan fingerprint density at radius 3 is 1.06 bits per heavy atom. The van der Waals surface area contributed by atoms with Crippen LogP contribution in [0, 0.1) is 0 Å². The molecule has 2 unspecified atom stereocenters. The third kappa shape index (κ3) is 7.43. The molecule has 15 heteroatoms. The van der Waals surface area contributed by atoms with E-state index in [2.05, 4.69) is 67.5 Å². The van der Waals surface area contributed by atoms with Crippen LogP contribution in [-0.4, -0.2) is 138 Å². The highest BCUT2D eigenvalue weighted by molar-refractivity contribution is 7.89. The summed E-state index contributed by atoms with van der Waals surface area (Å²) in [7, 11) is -7.92. The lowest BCUT2D eigenvalue weighted by atomic mass is 10.1. The molecule has 1 aliphatic carbocycles. The van der Waals surface area contributed by atoms with Crippen molar-refractivity contribution in [3.63, 3.8) is 0 Å². The van der Waals surface area contributed by atoms with Crippen molar-refractivity contribution >= 4 is 69.4 Å². The number of hydrogen-bond acceptors (Lipinski definition) is 9. The predicted molar refractivity (Wildman–Crippen MR) is 257 cm³/mol. The molecular formula is C51H50N6O7S2. The summed E-state index contributed by atoms with van der Waals surface area (Å²) in [5.74, 6) is -0.418. The zero-order chi connectivity index (χ0) is 45.3. The van der Waals surface area contributed by atoms with Gasteiger partial charge in [0.1, 0.15) is 0 Å². The van der Waals surface area contributed by atoms with E-state index in [1.807, 2.05) is 48.5 Å². The summed E-state index contributed by atoms with van der Waals surface area (Å²) in [4.78, 5) is 18.1. The largest absolute Gasteiger partial charge is 0.390 e. The van der Waals surface area contributed by atoms with Crippen LogP contribution in [0.4, 0.5) is 0 Å². The molecule has 0 bridgehead atoms. The number of benzene rings is 6. The van der Waals surface area contributed by atoms with E-state index >= 15 is 0 Å². The van der Waals surface area contributed by atoms with Gasteiger partial charge >= 0.3 is 0 Å². The molecular weight excluding hydrogens is 873 g/mol. The van der Waals surface area contributed by atoms with E-state index in [1.165, 1.54) is 32.9 Å². The van der Waals surface area contributed by atoms with Crippen LogP contribution in [0.25, 0.3) is 54.7 Å². The van der Waals surface area contributed by atoms with Crippen molar-refractivity contribution < 1.29 is 31.8 Å². The zero-order valence-electron chi connectivity index (χ0n) is 36.3. The number of β-amino-alcohol motifs (C(OH)–C–C–N with tert-alkyl or cyclic N) is 2. The van der Waals surface area contributed by atoms with Gasteiger partial charge in [0.25, 0.3) is 0 Å². The van der Waals surface area contributed by atoms with Crippen LogP contribution in [-0.2, 0) is 33.1 Å². The van der Waals surface area contributed by atoms with Gasteiger partial charge in [0.2, 0.25) is 20.0 Å². The second-order valence-corrected chi connectivity index (χ2v) is 21.6. The number of sulfonamides is 2. The Balaban J connectivity index is 0.710. The summed E-state index contributed by atoms with van der Waals surface area (Å²) < 4.78 is 63.2. The fourth-order valence-electron chi connectivity index (χ4n) is 10.5. The van der Waals surface area contributed by atoms with Gasteiger partial charge < -0.3 is 19.3 Å². The molecule has 0 radical (unpaired) electrons. The number of aliphatic hydroxyl groups excluding tert-OH is 2. The smallest absolute Gasteiger partial charge is 0.243 e. The number of ketones is 1. The Labute approximate surface area is 383 Å². The molecule has 8 aromatic rings. The first kappa shape index (κ1) is 42.9. The SMILES string of the molecule is O=C1c2cc(S(=O)(=O)N3CCN(CC(O)Cn4c5ccccc5c5ccccc54)CC3)ccc2-c2ccc(S(=O)(=O)N3CCN(CC(O)Cn4c5ccccc5c5ccccc54)CC3)cc21. The fraction of sp³-hybridized carbons (Fsp3) is 0.275. The molecule has 2 atom stereocenters. The molecule has 338 valence electrons. The average Bonchev–Trinajstić information content (AvgIpc) is 3.93. The molecule has 4 heterocycles. The van der Waals surface area contributed by atoms with Crippen LogP contribution in [0.5, 0.6) is 0 Å². The van der Waals surface area contributed by atoms with Gasteiger partial charge in [-0.25, -0.2) is 16.8 Å². The number of fused-ring (bicyclic) bond motifs is 9. The normalized spacial score (nSPS) is 17.8. The maximum Gasteiger partial charge on any atom is 0.243 e. The standard InChI is InChI=1S/C51H50N6O7S2/c58-35(33-56-47-13-5-1-9-41(47)42-10-2-6-14-48(42)56)31-52-21-25-54(26-22-52)65(61,62)37-17-19-39-40-20-18-38(30-46(40)51(60)45(39)29-37)66(63,64)55-27-23-53(24-28-55)32-36(59)34-57-49-15-7-3-11-43(49)44-12-4-8-16-50(44)57/h1-20,29-30,35-36,58-59H,21-28,31-34H2. The summed E-state index contributed by atoms with van der Waals surface area (Å²) >= 11 is 0. The van der Waals surface area contributed by atoms with Crippen LogP contribution < -0.4 is 0 Å². The fourth-order valence-corrected chi connectivity index (χ4v) is 13.4. The summed E-state index contributed by atoms with van der Waals surface area (Å²) in [6.07, 6.45) is -1.35. The molecule has 13 nitrogen and oxygen atoms in total. The van der Waals surface area contributed by atoms with Gasteiger partial charge in [-0.15, -0.1) is 0 Å². The molecule has 0 amide bonds. The first-order valence-electron chi connectivity index (χ1n) is 22.5. The number of carbonyl (C=O) groups is 1. The molecule has 0 saturated carbocycles. The second kappa shape index (κ2) is 16.8. The molecule has 2 N–H and O–H groups in total. The van der Waals surface area contributed by atoms with Gasteiger partial charge in [-0.3, -0.25) is 14.6 Å². The highest BCUT2D eigenvalue weighted by Gasteiger charge is 2.35. The average molecular weight is 923 g/mol. The Hall–Kier alpha value is -5.75. The molecule has 3 aliphatic rings. The van der Waals surface area contributed by atoms with Gasteiger partial charge in [0.15, 0.2) is 5.78 Å². The Bertz CT molecular complexity index is 3090. The summed E-state index contributed by atoms with van der Waals surface area (Å²) in [5, 5.41) is 27.1. The quantitative estimate of drug-likeness (QED) is 0.154. The minimum Gasteiger partial charge on any atom is -0.390 e. The number of rotatable bonds is 12. The number of nitrogens with zero attached hydrogens (tertiary/aromatic N) is 6. The molecule has 2 saturated heterocycles. The molecule has 2 fully saturated rings. The van der Waals surface area contributed by atoms with E-state index in [9.17, 15) is 31.8 Å². The summed E-state index contributed by atoms with van der Waals surface area (Å²) in [6, 6.07) is 41.8. The van der Waals surface area contributed by atoms with Crippen molar-refractivity contribution in [2.24, 2.45) is 0 Å². The van der Waals surface area contributed by atoms with Gasteiger partial charge in [0, 0.05) is 120 Å². The van der Waals surface area contributed by atoms with Gasteiger partial charge in [-0.05, 0) is 59.7 Å². The Kier molecular flexibility index (Phi) is 10.9. The maximum atomic E-state index is 14.0. The number of hydrogen-bond donors (Lipinski definition) is 2. The third-order valence-corrected chi connectivity index (χ3v) is 17.6. The summed E-state index contributed by atoms with van der Waals surface area (Å²) in [6.45, 7) is 4.28. The summed E-state index contributed by atoms with van der Waals surface area (Å²) in [5.41, 5.74) is 5.80. The second-order valence-electron chi connectivity index (χ2n) is 17.8. The highest BCUT2D eigenvalue weighted by Crippen LogP contribution is 2.40. The number of para-hydroxylation sites is 4. The molecule has 0 spiro atoms. The van der Waals surface area contributed by atoms with Gasteiger partial charge in [-0.2, -0.15) is 8.61 Å². The van der Waals surface area contributed by atoms with Crippen molar-refractivity contribution in [1.29, 1.82) is 0 Å². The zero-order valence-corrected chi connectivity index (χ0v) is 37.9. The first-order chi connectivity index (χ1) is 32.0. The molecule has 66 heavy (non-hydrogen) atoms. The van der Waals surface area contributed by atoms with Crippen molar-refractivity contribution in [1.82, 2.24) is 27.5 Å². The molecule has 11 rings (SSSR count). The van der Waals surface area contributed by atoms with Crippen LogP contribution in [0.1, 0.15) is 15.9 Å². The van der Waals surface area contributed by atoms with Crippen molar-refractivity contribution in [2.75, 3.05) is 65.4 Å². The number of carbonyl (C=O) groups excluding carboxylic acids is 1. The molecule has 2 aliphatic heterocycles. The van der Waals surface area contributed by atoms with Crippen molar-refractivity contribution in [3.05, 3.63) is 145 Å². The molecule has 2 aromatic heterocycles. The van der Waals surface area contributed by atoms with Gasteiger partial charge in [-0.1, -0.05) is 84.9 Å². The lowest BCUT2D eigenvalue weighted by Gasteiger charge is -2.35. The number of aliphatic hydroxyl groups is 2. The lowest BCUT2D eigenvalue weighted by Crippen LogP contribution is -2.50. The minimum atomic E-state index is -3.96. The minimum absolute atomic E-state index is 0.00755. The predicted octanol–water partition coefficient (Wildman–Crippen LogP) is 5.85. The van der Waals surface area contributed by atoms with E-state index < -0.39 is 38.0 Å². The molecule has 6 aromatic carbocycles. The van der Waals surface area contributed by atoms with E-state index in [4.69, 9.17) is 0 Å². The lowest BCUT2D eigenvalue weighted by molar-refractivity contribution is 0.0820. The van der Waals surface area contributed by atoms with Crippen LogP contribution in [0.15, 0.2) is 143 Å². The van der Waals surface area contributed by atoms with Crippen LogP contribution in [0.3, 0.4) is 0 Å². The van der Waals surface area contributed by atoms with E-state index in [0.29, 0.717) is 63.5 Å². The van der Waals surface area contributed by atoms with Crippen LogP contribution >= 0.6 is 0 Å².